The molecule has 0 spiro atoms. The molecule has 1 aromatic carbocycles. The van der Waals surface area contributed by atoms with E-state index in [4.69, 9.17) is 25.6 Å². The highest BCUT2D eigenvalue weighted by Crippen LogP contribution is 2.28. The molecule has 0 fully saturated rings. The lowest BCUT2D eigenvalue weighted by Crippen LogP contribution is -2.20. The average molecular weight is 236 g/mol. The molecule has 0 saturated heterocycles. The Kier molecular flexibility index (Phi) is 5.27. The number of ether oxygens (including phenoxy) is 2. The highest BCUT2D eigenvalue weighted by atomic mass is 16.5. The lowest BCUT2D eigenvalue weighted by Gasteiger charge is -2.12. The van der Waals surface area contributed by atoms with Crippen LogP contribution >= 0.6 is 0 Å². The Morgan fingerprint density at radius 1 is 1.47 bits per heavy atom. The Morgan fingerprint density at radius 2 is 2.24 bits per heavy atom. The topological polar surface area (TPSA) is 88.5 Å². The van der Waals surface area contributed by atoms with Crippen molar-refractivity contribution >= 4 is 0 Å². The largest absolute Gasteiger partial charge is 0.493 e. The van der Waals surface area contributed by atoms with E-state index in [0.29, 0.717) is 24.5 Å². The summed E-state index contributed by atoms with van der Waals surface area (Å²) in [5.41, 5.74) is 6.20. The van der Waals surface area contributed by atoms with Gasteiger partial charge >= 0.3 is 0 Å². The van der Waals surface area contributed by atoms with Crippen molar-refractivity contribution in [3.8, 4) is 17.6 Å². The number of methoxy groups -OCH3 is 1. The molecule has 0 aliphatic carbocycles. The zero-order valence-electron chi connectivity index (χ0n) is 9.72. The molecule has 0 aliphatic heterocycles. The van der Waals surface area contributed by atoms with E-state index in [1.807, 2.05) is 6.07 Å². The molecule has 1 atom stereocenters. The molecule has 5 nitrogen and oxygen atoms in total. The molecule has 17 heavy (non-hydrogen) atoms. The zero-order chi connectivity index (χ0) is 12.7. The second-order valence-corrected chi connectivity index (χ2v) is 3.52. The van der Waals surface area contributed by atoms with E-state index in [1.165, 1.54) is 7.11 Å². The number of aliphatic hydroxyl groups excluding tert-OH is 1. The minimum atomic E-state index is -0.516. The molecule has 0 aromatic heterocycles. The van der Waals surface area contributed by atoms with Gasteiger partial charge in [-0.15, -0.1) is 0 Å². The van der Waals surface area contributed by atoms with E-state index >= 15 is 0 Å². The summed E-state index contributed by atoms with van der Waals surface area (Å²) in [5.74, 6) is 1.14. The molecule has 0 amide bonds. The summed E-state index contributed by atoms with van der Waals surface area (Å²) in [6.07, 6.45) is 0.460. The van der Waals surface area contributed by atoms with Crippen LogP contribution in [0.3, 0.4) is 0 Å². The lowest BCUT2D eigenvalue weighted by atomic mass is 10.2. The smallest absolute Gasteiger partial charge is 0.161 e. The van der Waals surface area contributed by atoms with Crippen molar-refractivity contribution in [2.24, 2.45) is 5.73 Å². The van der Waals surface area contributed by atoms with E-state index in [9.17, 15) is 0 Å². The van der Waals surface area contributed by atoms with Crippen molar-refractivity contribution in [1.29, 1.82) is 5.26 Å². The average Bonchev–Trinajstić information content (AvgIpc) is 2.38. The molecule has 1 unspecified atom stereocenters. The van der Waals surface area contributed by atoms with Gasteiger partial charge in [0.2, 0.25) is 0 Å². The lowest BCUT2D eigenvalue weighted by molar-refractivity contribution is 0.275. The Morgan fingerprint density at radius 3 is 2.82 bits per heavy atom. The van der Waals surface area contributed by atoms with Crippen LogP contribution in [-0.4, -0.2) is 24.9 Å². The molecule has 5 heteroatoms. The quantitative estimate of drug-likeness (QED) is 0.763. The van der Waals surface area contributed by atoms with Crippen LogP contribution in [0.4, 0.5) is 0 Å². The fraction of sp³-hybridized carbons (Fsp3) is 0.417. The summed E-state index contributed by atoms with van der Waals surface area (Å²) < 4.78 is 10.6. The number of nitriles is 1. The molecule has 1 rings (SSSR count). The molecular formula is C12H16N2O3. The summed E-state index contributed by atoms with van der Waals surface area (Å²) in [6, 6.07) is 6.60. The molecule has 92 valence electrons. The van der Waals surface area contributed by atoms with Crippen molar-refractivity contribution in [2.45, 2.75) is 19.1 Å². The maximum atomic E-state index is 8.98. The van der Waals surface area contributed by atoms with Crippen molar-refractivity contribution in [1.82, 2.24) is 0 Å². The van der Waals surface area contributed by atoms with Crippen molar-refractivity contribution < 1.29 is 14.6 Å². The second kappa shape index (κ2) is 6.74. The highest BCUT2D eigenvalue weighted by Gasteiger charge is 2.06. The van der Waals surface area contributed by atoms with Gasteiger partial charge < -0.3 is 20.3 Å². The number of benzene rings is 1. The van der Waals surface area contributed by atoms with E-state index in [-0.39, 0.29) is 6.61 Å². The van der Waals surface area contributed by atoms with Crippen LogP contribution < -0.4 is 15.2 Å². The van der Waals surface area contributed by atoms with E-state index in [1.54, 1.807) is 18.2 Å². The fourth-order valence-corrected chi connectivity index (χ4v) is 1.29. The molecular weight excluding hydrogens is 220 g/mol. The number of rotatable bonds is 6. The van der Waals surface area contributed by atoms with Gasteiger partial charge in [-0.1, -0.05) is 6.07 Å². The fourth-order valence-electron chi connectivity index (χ4n) is 1.29. The number of hydrogen-bond donors (Lipinski definition) is 2. The third-order valence-electron chi connectivity index (χ3n) is 2.26. The van der Waals surface area contributed by atoms with Gasteiger partial charge in [0, 0.05) is 6.42 Å². The van der Waals surface area contributed by atoms with Crippen LogP contribution in [0.15, 0.2) is 18.2 Å². The monoisotopic (exact) mass is 236 g/mol. The summed E-state index contributed by atoms with van der Waals surface area (Å²) in [4.78, 5) is 0. The van der Waals surface area contributed by atoms with Gasteiger partial charge in [-0.25, -0.2) is 0 Å². The summed E-state index contributed by atoms with van der Waals surface area (Å²) >= 11 is 0. The Balaban J connectivity index is 2.62. The van der Waals surface area contributed by atoms with Crippen molar-refractivity contribution in [3.63, 3.8) is 0 Å². The molecule has 0 radical (unpaired) electrons. The van der Waals surface area contributed by atoms with Gasteiger partial charge in [-0.2, -0.15) is 5.26 Å². The van der Waals surface area contributed by atoms with Gasteiger partial charge in [0.05, 0.1) is 32.4 Å². The summed E-state index contributed by atoms with van der Waals surface area (Å²) in [6.45, 7) is 0.305. The first kappa shape index (κ1) is 13.3. The van der Waals surface area contributed by atoms with Crippen molar-refractivity contribution in [2.75, 3.05) is 13.7 Å². The first-order valence-electron chi connectivity index (χ1n) is 5.27. The number of aliphatic hydroxyl groups is 1. The van der Waals surface area contributed by atoms with Crippen LogP contribution in [0.1, 0.15) is 12.0 Å². The first-order valence-corrected chi connectivity index (χ1v) is 5.27. The second-order valence-electron chi connectivity index (χ2n) is 3.52. The number of nitrogens with zero attached hydrogens (tertiary/aromatic N) is 1. The van der Waals surface area contributed by atoms with Crippen LogP contribution in [0.2, 0.25) is 0 Å². The van der Waals surface area contributed by atoms with E-state index in [2.05, 4.69) is 0 Å². The maximum absolute atomic E-state index is 8.98. The minimum absolute atomic E-state index is 0.0457. The first-order chi connectivity index (χ1) is 8.21. The SMILES string of the molecule is COc1cc(CO)ccc1OCCC(N)C#N. The predicted octanol–water partition coefficient (Wildman–Crippen LogP) is 0.807. The van der Waals surface area contributed by atoms with Crippen LogP contribution in [-0.2, 0) is 6.61 Å². The molecule has 0 bridgehead atoms. The Bertz CT molecular complexity index is 401. The molecule has 0 saturated carbocycles. The normalized spacial score (nSPS) is 11.6. The third-order valence-corrected chi connectivity index (χ3v) is 2.26. The highest BCUT2D eigenvalue weighted by molar-refractivity contribution is 5.42. The summed E-state index contributed by atoms with van der Waals surface area (Å²) in [5, 5.41) is 17.5. The van der Waals surface area contributed by atoms with Crippen molar-refractivity contribution in [3.05, 3.63) is 23.8 Å². The molecule has 0 heterocycles. The van der Waals surface area contributed by atoms with E-state index < -0.39 is 6.04 Å². The Hall–Kier alpha value is -1.77. The minimum Gasteiger partial charge on any atom is -0.493 e. The third kappa shape index (κ3) is 3.94. The van der Waals surface area contributed by atoms with Crippen LogP contribution in [0, 0.1) is 11.3 Å². The standard InChI is InChI=1S/C12H16N2O3/c1-16-12-6-9(8-15)2-3-11(12)17-5-4-10(14)7-13/h2-3,6,10,15H,4-5,8,14H2,1H3. The van der Waals surface area contributed by atoms with Gasteiger partial charge in [-0.05, 0) is 17.7 Å². The van der Waals surface area contributed by atoms with Crippen LogP contribution in [0.5, 0.6) is 11.5 Å². The van der Waals surface area contributed by atoms with Gasteiger partial charge in [-0.3, -0.25) is 0 Å². The van der Waals surface area contributed by atoms with Gasteiger partial charge in [0.15, 0.2) is 11.5 Å². The van der Waals surface area contributed by atoms with Crippen LogP contribution in [0.25, 0.3) is 0 Å². The maximum Gasteiger partial charge on any atom is 0.161 e. The number of nitrogens with two attached hydrogens (primary N) is 1. The van der Waals surface area contributed by atoms with Gasteiger partial charge in [0.1, 0.15) is 0 Å². The Labute approximate surface area is 100 Å². The van der Waals surface area contributed by atoms with Gasteiger partial charge in [0.25, 0.3) is 0 Å². The molecule has 1 aromatic rings. The predicted molar refractivity (Wildman–Crippen MR) is 62.6 cm³/mol. The number of hydrogen-bond acceptors (Lipinski definition) is 5. The zero-order valence-corrected chi connectivity index (χ0v) is 9.72. The summed E-state index contributed by atoms with van der Waals surface area (Å²) in [7, 11) is 1.53. The van der Waals surface area contributed by atoms with E-state index in [0.717, 1.165) is 5.56 Å². The molecule has 0 aliphatic rings. The molecule has 3 N–H and O–H groups in total.